The van der Waals surface area contributed by atoms with Crippen LogP contribution >= 0.6 is 0 Å². The molecule has 0 aromatic heterocycles. The van der Waals surface area contributed by atoms with Crippen LogP contribution in [0.1, 0.15) is 39.2 Å². The van der Waals surface area contributed by atoms with Crippen molar-refractivity contribution < 1.29 is 9.47 Å². The third kappa shape index (κ3) is 6.23. The smallest absolute Gasteiger partial charge is 0.121 e. The number of hydrogen-bond acceptors (Lipinski definition) is 3. The highest BCUT2D eigenvalue weighted by Gasteiger charge is 2.00. The third-order valence-electron chi connectivity index (χ3n) is 3.39. The molecule has 23 heavy (non-hydrogen) atoms. The van der Waals surface area contributed by atoms with Crippen molar-refractivity contribution in [1.29, 1.82) is 0 Å². The first kappa shape index (κ1) is 17.2. The summed E-state index contributed by atoms with van der Waals surface area (Å²) in [7, 11) is 0. The van der Waals surface area contributed by atoms with Crippen molar-refractivity contribution in [3.63, 3.8) is 0 Å². The summed E-state index contributed by atoms with van der Waals surface area (Å²) < 4.78 is 11.4. The summed E-state index contributed by atoms with van der Waals surface area (Å²) in [4.78, 5) is 0. The minimum absolute atomic E-state index is 0.186. The zero-order valence-electron chi connectivity index (χ0n) is 14.3. The molecule has 3 nitrogen and oxygen atoms in total. The fourth-order valence-electron chi connectivity index (χ4n) is 2.19. The Hall–Kier alpha value is -2.16. The van der Waals surface area contributed by atoms with E-state index in [1.54, 1.807) is 0 Å². The summed E-state index contributed by atoms with van der Waals surface area (Å²) >= 11 is 0. The molecule has 0 spiro atoms. The Morgan fingerprint density at radius 1 is 1.00 bits per heavy atom. The van der Waals surface area contributed by atoms with Gasteiger partial charge in [-0.15, -0.1) is 0 Å². The molecule has 2 rings (SSSR count). The summed E-state index contributed by atoms with van der Waals surface area (Å²) in [5, 5.41) is 3.43. The predicted molar refractivity (Wildman–Crippen MR) is 96.4 cm³/mol. The van der Waals surface area contributed by atoms with Crippen molar-refractivity contribution in [3.05, 3.63) is 54.1 Å². The van der Waals surface area contributed by atoms with E-state index < -0.39 is 0 Å². The lowest BCUT2D eigenvalue weighted by molar-refractivity contribution is 0.242. The second kappa shape index (κ2) is 9.09. The van der Waals surface area contributed by atoms with Gasteiger partial charge in [0.25, 0.3) is 0 Å². The van der Waals surface area contributed by atoms with Crippen LogP contribution in [0.15, 0.2) is 48.5 Å². The van der Waals surface area contributed by atoms with Crippen LogP contribution < -0.4 is 14.8 Å². The van der Waals surface area contributed by atoms with Gasteiger partial charge in [-0.1, -0.05) is 31.5 Å². The molecular weight excluding hydrogens is 286 g/mol. The van der Waals surface area contributed by atoms with E-state index in [9.17, 15) is 0 Å². The van der Waals surface area contributed by atoms with E-state index in [0.717, 1.165) is 43.2 Å². The maximum Gasteiger partial charge on any atom is 0.121 e. The number of nitrogens with one attached hydrogen (secondary N) is 1. The zero-order valence-corrected chi connectivity index (χ0v) is 14.3. The molecule has 124 valence electrons. The van der Waals surface area contributed by atoms with Gasteiger partial charge in [-0.3, -0.25) is 0 Å². The maximum absolute atomic E-state index is 5.71. The van der Waals surface area contributed by atoms with Crippen LogP contribution in [0, 0.1) is 0 Å². The van der Waals surface area contributed by atoms with E-state index in [4.69, 9.17) is 9.47 Å². The largest absolute Gasteiger partial charge is 0.494 e. The van der Waals surface area contributed by atoms with Crippen molar-refractivity contribution in [2.24, 2.45) is 0 Å². The Labute approximate surface area is 139 Å². The van der Waals surface area contributed by atoms with Crippen LogP contribution in [0.25, 0.3) is 0 Å². The average molecular weight is 313 g/mol. The van der Waals surface area contributed by atoms with Gasteiger partial charge >= 0.3 is 0 Å². The molecule has 0 heterocycles. The molecular formula is C20H27NO2. The molecule has 1 N–H and O–H groups in total. The summed E-state index contributed by atoms with van der Waals surface area (Å²) in [6, 6.07) is 16.3. The van der Waals surface area contributed by atoms with Gasteiger partial charge in [0.1, 0.15) is 11.5 Å². The minimum atomic E-state index is 0.186. The van der Waals surface area contributed by atoms with Crippen LogP contribution in [-0.2, 0) is 6.54 Å². The molecule has 0 unspecified atom stereocenters. The molecule has 0 amide bonds. The summed E-state index contributed by atoms with van der Waals surface area (Å²) in [6.07, 6.45) is 2.44. The van der Waals surface area contributed by atoms with E-state index >= 15 is 0 Å². The quantitative estimate of drug-likeness (QED) is 0.640. The van der Waals surface area contributed by atoms with Gasteiger partial charge in [0.05, 0.1) is 12.7 Å². The molecule has 2 aromatic carbocycles. The Kier molecular flexibility index (Phi) is 6.79. The second-order valence-electron chi connectivity index (χ2n) is 5.89. The lowest BCUT2D eigenvalue weighted by Gasteiger charge is -2.12. The molecule has 0 saturated carbocycles. The first-order valence-electron chi connectivity index (χ1n) is 8.39. The molecule has 0 aliphatic heterocycles. The standard InChI is InChI=1S/C20H27NO2/c1-4-5-13-22-19-11-9-17(10-12-19)15-21-18-7-6-8-20(14-18)23-16(2)3/h6-12,14,16,21H,4-5,13,15H2,1-3H3. The highest BCUT2D eigenvalue weighted by atomic mass is 16.5. The molecule has 0 atom stereocenters. The Morgan fingerprint density at radius 2 is 1.78 bits per heavy atom. The number of unbranched alkanes of at least 4 members (excludes halogenated alkanes) is 1. The van der Waals surface area contributed by atoms with Gasteiger partial charge in [0, 0.05) is 18.3 Å². The van der Waals surface area contributed by atoms with Gasteiger partial charge < -0.3 is 14.8 Å². The molecule has 0 saturated heterocycles. The highest BCUT2D eigenvalue weighted by Crippen LogP contribution is 2.20. The topological polar surface area (TPSA) is 30.5 Å². The van der Waals surface area contributed by atoms with Crippen molar-refractivity contribution in [1.82, 2.24) is 0 Å². The fraction of sp³-hybridized carbons (Fsp3) is 0.400. The van der Waals surface area contributed by atoms with Gasteiger partial charge in [0.2, 0.25) is 0 Å². The van der Waals surface area contributed by atoms with Crippen molar-refractivity contribution >= 4 is 5.69 Å². The van der Waals surface area contributed by atoms with Crippen LogP contribution in [0.3, 0.4) is 0 Å². The van der Waals surface area contributed by atoms with Crippen molar-refractivity contribution in [2.75, 3.05) is 11.9 Å². The highest BCUT2D eigenvalue weighted by molar-refractivity contribution is 5.48. The Morgan fingerprint density at radius 3 is 2.48 bits per heavy atom. The molecule has 0 aliphatic carbocycles. The van der Waals surface area contributed by atoms with Crippen LogP contribution in [0.2, 0.25) is 0 Å². The molecule has 3 heteroatoms. The first-order valence-corrected chi connectivity index (χ1v) is 8.39. The van der Waals surface area contributed by atoms with Gasteiger partial charge in [-0.2, -0.15) is 0 Å². The second-order valence-corrected chi connectivity index (χ2v) is 5.89. The molecule has 0 bridgehead atoms. The van der Waals surface area contributed by atoms with E-state index in [1.165, 1.54) is 5.56 Å². The lowest BCUT2D eigenvalue weighted by Crippen LogP contribution is -2.06. The molecule has 0 aliphatic rings. The summed E-state index contributed by atoms with van der Waals surface area (Å²) in [6.45, 7) is 7.80. The number of benzene rings is 2. The van der Waals surface area contributed by atoms with E-state index in [0.29, 0.717) is 0 Å². The molecule has 0 radical (unpaired) electrons. The molecule has 0 fully saturated rings. The van der Waals surface area contributed by atoms with Crippen molar-refractivity contribution in [2.45, 2.75) is 46.3 Å². The van der Waals surface area contributed by atoms with E-state index in [1.807, 2.05) is 44.2 Å². The van der Waals surface area contributed by atoms with E-state index in [-0.39, 0.29) is 6.10 Å². The number of anilines is 1. The SMILES string of the molecule is CCCCOc1ccc(CNc2cccc(OC(C)C)c2)cc1. The predicted octanol–water partition coefficient (Wildman–Crippen LogP) is 5.26. The van der Waals surface area contributed by atoms with Crippen LogP contribution in [0.4, 0.5) is 5.69 Å². The monoisotopic (exact) mass is 313 g/mol. The van der Waals surface area contributed by atoms with Gasteiger partial charge in [-0.25, -0.2) is 0 Å². The van der Waals surface area contributed by atoms with E-state index in [2.05, 4.69) is 30.4 Å². The zero-order chi connectivity index (χ0) is 16.5. The van der Waals surface area contributed by atoms with Gasteiger partial charge in [0.15, 0.2) is 0 Å². The Balaban J connectivity index is 1.85. The normalized spacial score (nSPS) is 10.6. The third-order valence-corrected chi connectivity index (χ3v) is 3.39. The molecule has 2 aromatic rings. The number of hydrogen-bond donors (Lipinski definition) is 1. The van der Waals surface area contributed by atoms with Crippen LogP contribution in [0.5, 0.6) is 11.5 Å². The fourth-order valence-corrected chi connectivity index (χ4v) is 2.19. The number of ether oxygens (including phenoxy) is 2. The van der Waals surface area contributed by atoms with Crippen molar-refractivity contribution in [3.8, 4) is 11.5 Å². The Bertz CT molecular complexity index is 578. The van der Waals surface area contributed by atoms with Gasteiger partial charge in [-0.05, 0) is 50.1 Å². The average Bonchev–Trinajstić information content (AvgIpc) is 2.54. The summed E-state index contributed by atoms with van der Waals surface area (Å²) in [5.41, 5.74) is 2.29. The lowest BCUT2D eigenvalue weighted by atomic mass is 10.2. The summed E-state index contributed by atoms with van der Waals surface area (Å²) in [5.74, 6) is 1.83. The van der Waals surface area contributed by atoms with Crippen LogP contribution in [-0.4, -0.2) is 12.7 Å². The first-order chi connectivity index (χ1) is 11.2. The minimum Gasteiger partial charge on any atom is -0.494 e. The number of rotatable bonds is 9. The maximum atomic E-state index is 5.71.